The van der Waals surface area contributed by atoms with Crippen molar-refractivity contribution >= 4 is 17.5 Å². The summed E-state index contributed by atoms with van der Waals surface area (Å²) in [4.78, 5) is 14.7. The molecule has 0 N–H and O–H groups in total. The zero-order chi connectivity index (χ0) is 23.2. The van der Waals surface area contributed by atoms with E-state index in [1.807, 2.05) is 86.6 Å². The van der Waals surface area contributed by atoms with Gasteiger partial charge in [-0.2, -0.15) is 0 Å². The first-order valence-electron chi connectivity index (χ1n) is 10.7. The lowest BCUT2D eigenvalue weighted by Crippen LogP contribution is -2.39. The van der Waals surface area contributed by atoms with Gasteiger partial charge in [0, 0.05) is 11.6 Å². The van der Waals surface area contributed by atoms with Gasteiger partial charge in [-0.05, 0) is 37.6 Å². The van der Waals surface area contributed by atoms with Crippen molar-refractivity contribution in [1.29, 1.82) is 0 Å². The van der Waals surface area contributed by atoms with Gasteiger partial charge in [0.15, 0.2) is 6.61 Å². The van der Waals surface area contributed by atoms with Crippen LogP contribution in [0.2, 0.25) is 5.02 Å². The summed E-state index contributed by atoms with van der Waals surface area (Å²) in [5.41, 5.74) is 2.61. The number of hydrogen-bond donors (Lipinski definition) is 0. The molecule has 1 aromatic heterocycles. The lowest BCUT2D eigenvalue weighted by atomic mass is 10.1. The highest BCUT2D eigenvalue weighted by Crippen LogP contribution is 2.30. The van der Waals surface area contributed by atoms with Crippen molar-refractivity contribution in [1.82, 2.24) is 15.1 Å². The molecule has 3 aromatic carbocycles. The Morgan fingerprint density at radius 2 is 1.61 bits per heavy atom. The maximum atomic E-state index is 13.0. The molecule has 33 heavy (non-hydrogen) atoms. The SMILES string of the molecule is CC(C)N(Cc1nnc(-c2ccccc2Cl)o1)C(=O)COc1ccccc1-c1ccccc1. The smallest absolute Gasteiger partial charge is 0.261 e. The van der Waals surface area contributed by atoms with Crippen LogP contribution in [0.5, 0.6) is 5.75 Å². The summed E-state index contributed by atoms with van der Waals surface area (Å²) in [6.07, 6.45) is 0. The predicted octanol–water partition coefficient (Wildman–Crippen LogP) is 5.87. The molecular weight excluding hydrogens is 438 g/mol. The van der Waals surface area contributed by atoms with Crippen molar-refractivity contribution in [2.45, 2.75) is 26.4 Å². The van der Waals surface area contributed by atoms with Crippen LogP contribution in [-0.4, -0.2) is 33.7 Å². The Bertz CT molecular complexity index is 1220. The van der Waals surface area contributed by atoms with Crippen molar-refractivity contribution in [2.75, 3.05) is 6.61 Å². The average molecular weight is 462 g/mol. The second-order valence-corrected chi connectivity index (χ2v) is 8.15. The molecule has 1 heterocycles. The van der Waals surface area contributed by atoms with Crippen LogP contribution in [0.1, 0.15) is 19.7 Å². The molecule has 0 aliphatic carbocycles. The van der Waals surface area contributed by atoms with Crippen LogP contribution in [0.3, 0.4) is 0 Å². The van der Waals surface area contributed by atoms with Gasteiger partial charge in [0.25, 0.3) is 5.91 Å². The largest absolute Gasteiger partial charge is 0.483 e. The van der Waals surface area contributed by atoms with Gasteiger partial charge in [-0.1, -0.05) is 72.3 Å². The summed E-state index contributed by atoms with van der Waals surface area (Å²) in [6.45, 7) is 3.94. The van der Waals surface area contributed by atoms with Crippen molar-refractivity contribution in [3.05, 3.63) is 89.8 Å². The molecule has 0 atom stereocenters. The number of para-hydroxylation sites is 1. The first kappa shape index (κ1) is 22.6. The quantitative estimate of drug-likeness (QED) is 0.328. The average Bonchev–Trinajstić information content (AvgIpc) is 3.30. The molecule has 4 rings (SSSR count). The molecule has 0 radical (unpaired) electrons. The van der Waals surface area contributed by atoms with Gasteiger partial charge < -0.3 is 14.1 Å². The van der Waals surface area contributed by atoms with E-state index in [2.05, 4.69) is 10.2 Å². The van der Waals surface area contributed by atoms with Crippen molar-refractivity contribution in [3.8, 4) is 28.3 Å². The second-order valence-electron chi connectivity index (χ2n) is 7.75. The summed E-state index contributed by atoms with van der Waals surface area (Å²) in [5.74, 6) is 1.13. The Hall–Kier alpha value is -3.64. The maximum absolute atomic E-state index is 13.0. The predicted molar refractivity (Wildman–Crippen MR) is 128 cm³/mol. The molecule has 6 nitrogen and oxygen atoms in total. The lowest BCUT2D eigenvalue weighted by Gasteiger charge is -2.25. The number of hydrogen-bond acceptors (Lipinski definition) is 5. The van der Waals surface area contributed by atoms with E-state index in [9.17, 15) is 4.79 Å². The topological polar surface area (TPSA) is 68.5 Å². The number of aromatic nitrogens is 2. The number of amides is 1. The third-order valence-electron chi connectivity index (χ3n) is 5.14. The summed E-state index contributed by atoms with van der Waals surface area (Å²) in [7, 11) is 0. The molecule has 4 aromatic rings. The Morgan fingerprint density at radius 1 is 0.939 bits per heavy atom. The summed E-state index contributed by atoms with van der Waals surface area (Å²) >= 11 is 6.22. The highest BCUT2D eigenvalue weighted by molar-refractivity contribution is 6.33. The van der Waals surface area contributed by atoms with E-state index < -0.39 is 0 Å². The first-order valence-corrected chi connectivity index (χ1v) is 11.0. The molecule has 0 bridgehead atoms. The molecule has 0 saturated heterocycles. The van der Waals surface area contributed by atoms with Crippen LogP contribution in [0.15, 0.2) is 83.3 Å². The van der Waals surface area contributed by atoms with E-state index in [1.165, 1.54) is 0 Å². The Balaban J connectivity index is 1.46. The zero-order valence-electron chi connectivity index (χ0n) is 18.4. The van der Waals surface area contributed by atoms with Gasteiger partial charge in [0.1, 0.15) is 5.75 Å². The maximum Gasteiger partial charge on any atom is 0.261 e. The minimum atomic E-state index is -0.176. The van der Waals surface area contributed by atoms with Gasteiger partial charge in [0.05, 0.1) is 17.1 Å². The van der Waals surface area contributed by atoms with Crippen LogP contribution < -0.4 is 4.74 Å². The van der Waals surface area contributed by atoms with Gasteiger partial charge in [-0.15, -0.1) is 10.2 Å². The van der Waals surface area contributed by atoms with E-state index >= 15 is 0 Å². The molecule has 7 heteroatoms. The Kier molecular flexibility index (Phi) is 7.05. The van der Waals surface area contributed by atoms with E-state index in [0.29, 0.717) is 28.1 Å². The van der Waals surface area contributed by atoms with Gasteiger partial charge in [-0.25, -0.2) is 0 Å². The van der Waals surface area contributed by atoms with Crippen molar-refractivity contribution in [2.24, 2.45) is 0 Å². The minimum Gasteiger partial charge on any atom is -0.483 e. The van der Waals surface area contributed by atoms with Crippen molar-refractivity contribution in [3.63, 3.8) is 0 Å². The minimum absolute atomic E-state index is 0.0823. The fourth-order valence-corrected chi connectivity index (χ4v) is 3.65. The number of halogens is 1. The summed E-state index contributed by atoms with van der Waals surface area (Å²) in [6, 6.07) is 24.8. The zero-order valence-corrected chi connectivity index (χ0v) is 19.2. The number of benzene rings is 3. The van der Waals surface area contributed by atoms with E-state index in [4.69, 9.17) is 20.8 Å². The molecule has 0 saturated carbocycles. The van der Waals surface area contributed by atoms with Gasteiger partial charge in [-0.3, -0.25) is 4.79 Å². The third-order valence-corrected chi connectivity index (χ3v) is 5.47. The molecule has 0 unspecified atom stereocenters. The second kappa shape index (κ2) is 10.3. The highest BCUT2D eigenvalue weighted by atomic mass is 35.5. The Labute approximate surface area is 197 Å². The molecule has 168 valence electrons. The fourth-order valence-electron chi connectivity index (χ4n) is 3.44. The standard InChI is InChI=1S/C26H24ClN3O3/c1-18(2)30(16-24-28-29-26(33-24)21-13-6-8-14-22(21)27)25(31)17-32-23-15-9-7-12-20(23)19-10-4-3-5-11-19/h3-15,18H,16-17H2,1-2H3. The fraction of sp³-hybridized carbons (Fsp3) is 0.192. The number of carbonyl (C=O) groups is 1. The molecule has 0 aliphatic heterocycles. The van der Waals surface area contributed by atoms with E-state index in [0.717, 1.165) is 11.1 Å². The van der Waals surface area contributed by atoms with Gasteiger partial charge in [0.2, 0.25) is 11.8 Å². The highest BCUT2D eigenvalue weighted by Gasteiger charge is 2.22. The number of ether oxygens (including phenoxy) is 1. The normalized spacial score (nSPS) is 10.9. The molecule has 1 amide bonds. The Morgan fingerprint density at radius 3 is 2.33 bits per heavy atom. The van der Waals surface area contributed by atoms with Crippen LogP contribution in [0.4, 0.5) is 0 Å². The number of rotatable bonds is 8. The molecule has 0 aliphatic rings. The molecule has 0 fully saturated rings. The monoisotopic (exact) mass is 461 g/mol. The van der Waals surface area contributed by atoms with Crippen LogP contribution in [0.25, 0.3) is 22.6 Å². The number of carbonyl (C=O) groups excluding carboxylic acids is 1. The van der Waals surface area contributed by atoms with Crippen LogP contribution in [-0.2, 0) is 11.3 Å². The van der Waals surface area contributed by atoms with E-state index in [-0.39, 0.29) is 25.1 Å². The van der Waals surface area contributed by atoms with Crippen LogP contribution in [0, 0.1) is 0 Å². The number of nitrogens with zero attached hydrogens (tertiary/aromatic N) is 3. The molecular formula is C26H24ClN3O3. The molecule has 0 spiro atoms. The summed E-state index contributed by atoms with van der Waals surface area (Å²) < 4.78 is 11.7. The van der Waals surface area contributed by atoms with E-state index in [1.54, 1.807) is 11.0 Å². The lowest BCUT2D eigenvalue weighted by molar-refractivity contribution is -0.136. The van der Waals surface area contributed by atoms with Crippen molar-refractivity contribution < 1.29 is 13.9 Å². The summed E-state index contributed by atoms with van der Waals surface area (Å²) in [5, 5.41) is 8.71. The van der Waals surface area contributed by atoms with Crippen LogP contribution >= 0.6 is 11.6 Å². The third kappa shape index (κ3) is 5.41. The van der Waals surface area contributed by atoms with Gasteiger partial charge >= 0.3 is 0 Å². The first-order chi connectivity index (χ1) is 16.0.